The highest BCUT2D eigenvalue weighted by Gasteiger charge is 2.06. The number of rotatable bonds is 2. The number of hydrogen-bond donors (Lipinski definition) is 0. The Kier molecular flexibility index (Phi) is 2.50. The topological polar surface area (TPSA) is 30.7 Å². The Bertz CT molecular complexity index is 436. The molecule has 4 heteroatoms. The van der Waals surface area contributed by atoms with E-state index in [0.717, 1.165) is 17.9 Å². The Balaban J connectivity index is 2.54. The summed E-state index contributed by atoms with van der Waals surface area (Å²) in [5, 5.41) is 4.83. The van der Waals surface area contributed by atoms with Crippen molar-refractivity contribution in [3.8, 4) is 5.69 Å². The predicted octanol–water partition coefficient (Wildman–Crippen LogP) is 2.48. The Morgan fingerprint density at radius 3 is 2.86 bits per heavy atom. The van der Waals surface area contributed by atoms with E-state index in [1.807, 2.05) is 31.2 Å². The largest absolute Gasteiger partial charge is 0.220 e. The van der Waals surface area contributed by atoms with Gasteiger partial charge in [0, 0.05) is 6.42 Å². The summed E-state index contributed by atoms with van der Waals surface area (Å²) < 4.78 is 1.77. The third-order valence-corrected chi connectivity index (χ3v) is 2.33. The summed E-state index contributed by atoms with van der Waals surface area (Å²) in [7, 11) is 0. The fraction of sp³-hybridized carbons (Fsp3) is 0.200. The van der Waals surface area contributed by atoms with Crippen molar-refractivity contribution in [2.75, 3.05) is 0 Å². The summed E-state index contributed by atoms with van der Waals surface area (Å²) in [6.45, 7) is 2.04. The molecule has 0 aliphatic heterocycles. The summed E-state index contributed by atoms with van der Waals surface area (Å²) >= 11 is 6.06. The van der Waals surface area contributed by atoms with Crippen molar-refractivity contribution < 1.29 is 0 Å². The Labute approximate surface area is 87.3 Å². The minimum absolute atomic E-state index is 0.688. The highest BCUT2D eigenvalue weighted by Crippen LogP contribution is 2.19. The molecule has 2 aromatic rings. The molecule has 0 spiro atoms. The Hall–Kier alpha value is -1.35. The maximum absolute atomic E-state index is 6.06. The van der Waals surface area contributed by atoms with Crippen molar-refractivity contribution >= 4 is 11.6 Å². The van der Waals surface area contributed by atoms with Crippen molar-refractivity contribution in [3.05, 3.63) is 41.4 Å². The number of hydrogen-bond acceptors (Lipinski definition) is 2. The number of halogens is 1. The molecule has 0 bridgehead atoms. The molecule has 2 rings (SSSR count). The lowest BCUT2D eigenvalue weighted by molar-refractivity contribution is 0.801. The quantitative estimate of drug-likeness (QED) is 0.758. The van der Waals surface area contributed by atoms with Crippen LogP contribution in [0.4, 0.5) is 0 Å². The van der Waals surface area contributed by atoms with Gasteiger partial charge >= 0.3 is 0 Å². The van der Waals surface area contributed by atoms with Gasteiger partial charge in [-0.3, -0.25) is 0 Å². The molecule has 14 heavy (non-hydrogen) atoms. The number of para-hydroxylation sites is 1. The molecule has 0 amide bonds. The van der Waals surface area contributed by atoms with Gasteiger partial charge < -0.3 is 0 Å². The molecule has 0 fully saturated rings. The number of aromatic nitrogens is 3. The SMILES string of the molecule is CCc1ncnn1-c1ccccc1Cl. The van der Waals surface area contributed by atoms with E-state index in [0.29, 0.717) is 5.02 Å². The van der Waals surface area contributed by atoms with Crippen LogP contribution in [0.5, 0.6) is 0 Å². The molecule has 0 aliphatic rings. The van der Waals surface area contributed by atoms with Crippen molar-refractivity contribution in [1.29, 1.82) is 0 Å². The Morgan fingerprint density at radius 2 is 2.14 bits per heavy atom. The van der Waals surface area contributed by atoms with E-state index in [9.17, 15) is 0 Å². The first-order valence-corrected chi connectivity index (χ1v) is 4.84. The van der Waals surface area contributed by atoms with Crippen LogP contribution in [0.25, 0.3) is 5.69 Å². The molecule has 3 nitrogen and oxygen atoms in total. The smallest absolute Gasteiger partial charge is 0.138 e. The van der Waals surface area contributed by atoms with Crippen LogP contribution in [0.3, 0.4) is 0 Å². The fourth-order valence-electron chi connectivity index (χ4n) is 1.33. The van der Waals surface area contributed by atoms with Crippen LogP contribution in [0, 0.1) is 0 Å². The van der Waals surface area contributed by atoms with Gasteiger partial charge in [-0.15, -0.1) is 0 Å². The molecule has 1 aromatic carbocycles. The summed E-state index contributed by atoms with van der Waals surface area (Å²) in [6, 6.07) is 7.60. The molecule has 0 atom stereocenters. The van der Waals surface area contributed by atoms with Crippen LogP contribution < -0.4 is 0 Å². The van der Waals surface area contributed by atoms with Crippen molar-refractivity contribution in [2.45, 2.75) is 13.3 Å². The molecule has 0 radical (unpaired) electrons. The lowest BCUT2D eigenvalue weighted by atomic mass is 10.3. The van der Waals surface area contributed by atoms with Crippen molar-refractivity contribution in [3.63, 3.8) is 0 Å². The van der Waals surface area contributed by atoms with Crippen LogP contribution in [0.2, 0.25) is 5.02 Å². The average molecular weight is 208 g/mol. The van der Waals surface area contributed by atoms with E-state index in [4.69, 9.17) is 11.6 Å². The normalized spacial score (nSPS) is 10.4. The first-order chi connectivity index (χ1) is 6.83. The zero-order chi connectivity index (χ0) is 9.97. The van der Waals surface area contributed by atoms with E-state index < -0.39 is 0 Å². The lowest BCUT2D eigenvalue weighted by Crippen LogP contribution is -2.02. The van der Waals surface area contributed by atoms with Gasteiger partial charge in [0.1, 0.15) is 12.2 Å². The van der Waals surface area contributed by atoms with Gasteiger partial charge in [-0.1, -0.05) is 30.7 Å². The highest BCUT2D eigenvalue weighted by atomic mass is 35.5. The van der Waals surface area contributed by atoms with E-state index in [2.05, 4.69) is 10.1 Å². The van der Waals surface area contributed by atoms with Gasteiger partial charge in [0.2, 0.25) is 0 Å². The third-order valence-electron chi connectivity index (χ3n) is 2.02. The summed E-state index contributed by atoms with van der Waals surface area (Å²) in [5.74, 6) is 0.915. The molecule has 72 valence electrons. The van der Waals surface area contributed by atoms with E-state index >= 15 is 0 Å². The standard InChI is InChI=1S/C10H10ClN3/c1-2-10-12-7-13-14(10)9-6-4-3-5-8(9)11/h3-7H,2H2,1H3. The maximum atomic E-state index is 6.06. The molecule has 1 heterocycles. The second-order valence-corrected chi connectivity index (χ2v) is 3.30. The lowest BCUT2D eigenvalue weighted by Gasteiger charge is -2.05. The first kappa shape index (κ1) is 9.21. The van der Waals surface area contributed by atoms with Crippen LogP contribution in [-0.4, -0.2) is 14.8 Å². The van der Waals surface area contributed by atoms with E-state index in [1.165, 1.54) is 0 Å². The third kappa shape index (κ3) is 1.51. The average Bonchev–Trinajstić information content (AvgIpc) is 2.66. The van der Waals surface area contributed by atoms with Crippen molar-refractivity contribution in [2.24, 2.45) is 0 Å². The molecule has 0 saturated heterocycles. The van der Waals surface area contributed by atoms with Crippen LogP contribution in [0.1, 0.15) is 12.7 Å². The molecule has 0 aliphatic carbocycles. The first-order valence-electron chi connectivity index (χ1n) is 4.46. The van der Waals surface area contributed by atoms with E-state index in [-0.39, 0.29) is 0 Å². The highest BCUT2D eigenvalue weighted by molar-refractivity contribution is 6.32. The van der Waals surface area contributed by atoms with Crippen LogP contribution >= 0.6 is 11.6 Å². The number of aryl methyl sites for hydroxylation is 1. The predicted molar refractivity (Wildman–Crippen MR) is 55.7 cm³/mol. The van der Waals surface area contributed by atoms with Crippen LogP contribution in [-0.2, 0) is 6.42 Å². The van der Waals surface area contributed by atoms with Crippen LogP contribution in [0.15, 0.2) is 30.6 Å². The minimum Gasteiger partial charge on any atom is -0.220 e. The summed E-state index contributed by atoms with van der Waals surface area (Å²) in [6.07, 6.45) is 2.38. The summed E-state index contributed by atoms with van der Waals surface area (Å²) in [4.78, 5) is 4.15. The zero-order valence-electron chi connectivity index (χ0n) is 7.81. The number of nitrogens with zero attached hydrogens (tertiary/aromatic N) is 3. The second-order valence-electron chi connectivity index (χ2n) is 2.89. The van der Waals surface area contributed by atoms with Gasteiger partial charge in [0.25, 0.3) is 0 Å². The zero-order valence-corrected chi connectivity index (χ0v) is 8.57. The van der Waals surface area contributed by atoms with Gasteiger partial charge in [0.15, 0.2) is 0 Å². The molecular formula is C10H10ClN3. The van der Waals surface area contributed by atoms with Crippen molar-refractivity contribution in [1.82, 2.24) is 14.8 Å². The van der Waals surface area contributed by atoms with E-state index in [1.54, 1.807) is 11.0 Å². The molecule has 0 unspecified atom stereocenters. The second kappa shape index (κ2) is 3.80. The fourth-order valence-corrected chi connectivity index (χ4v) is 1.55. The molecule has 1 aromatic heterocycles. The van der Waals surface area contributed by atoms with Gasteiger partial charge in [-0.25, -0.2) is 9.67 Å². The Morgan fingerprint density at radius 1 is 1.36 bits per heavy atom. The number of benzene rings is 1. The van der Waals surface area contributed by atoms with Gasteiger partial charge in [-0.2, -0.15) is 5.10 Å². The minimum atomic E-state index is 0.688. The molecule has 0 N–H and O–H groups in total. The molecule has 0 saturated carbocycles. The van der Waals surface area contributed by atoms with Gasteiger partial charge in [-0.05, 0) is 12.1 Å². The summed E-state index contributed by atoms with van der Waals surface area (Å²) in [5.41, 5.74) is 0.878. The maximum Gasteiger partial charge on any atom is 0.138 e. The molecular weight excluding hydrogens is 198 g/mol. The monoisotopic (exact) mass is 207 g/mol. The van der Waals surface area contributed by atoms with Gasteiger partial charge in [0.05, 0.1) is 10.7 Å².